The molecule has 2 aliphatic rings. The van der Waals surface area contributed by atoms with Gasteiger partial charge >= 0.3 is 0 Å². The van der Waals surface area contributed by atoms with Gasteiger partial charge in [0, 0.05) is 37.3 Å². The maximum absolute atomic E-state index is 12.0. The molecule has 0 radical (unpaired) electrons. The second kappa shape index (κ2) is 4.88. The summed E-state index contributed by atoms with van der Waals surface area (Å²) in [7, 11) is 0. The Morgan fingerprint density at radius 3 is 2.90 bits per heavy atom. The van der Waals surface area contributed by atoms with E-state index in [4.69, 9.17) is 4.42 Å². The summed E-state index contributed by atoms with van der Waals surface area (Å²) in [5.74, 6) is 3.06. The van der Waals surface area contributed by atoms with Crippen LogP contribution in [0.1, 0.15) is 29.6 Å². The lowest BCUT2D eigenvalue weighted by molar-refractivity contribution is 0.107. The van der Waals surface area contributed by atoms with E-state index in [0.29, 0.717) is 11.8 Å². The predicted molar refractivity (Wildman–Crippen MR) is 80.3 cm³/mol. The second-order valence-electron chi connectivity index (χ2n) is 6.40. The van der Waals surface area contributed by atoms with Crippen LogP contribution in [0.15, 0.2) is 39.5 Å². The molecule has 4 heterocycles. The highest BCUT2D eigenvalue weighted by Gasteiger charge is 2.34. The number of aromatic nitrogens is 1. The van der Waals surface area contributed by atoms with Gasteiger partial charge in [-0.1, -0.05) is 6.07 Å². The van der Waals surface area contributed by atoms with Crippen molar-refractivity contribution in [3.8, 4) is 0 Å². The minimum absolute atomic E-state index is 0.150. The van der Waals surface area contributed by atoms with Crippen molar-refractivity contribution < 1.29 is 4.42 Å². The van der Waals surface area contributed by atoms with E-state index in [2.05, 4.69) is 17.0 Å². The average Bonchev–Trinajstić information content (AvgIpc) is 2.85. The molecule has 2 bridgehead atoms. The van der Waals surface area contributed by atoms with E-state index in [0.717, 1.165) is 37.7 Å². The van der Waals surface area contributed by atoms with Gasteiger partial charge in [0.1, 0.15) is 11.5 Å². The van der Waals surface area contributed by atoms with Crippen LogP contribution in [-0.4, -0.2) is 22.6 Å². The van der Waals surface area contributed by atoms with E-state index < -0.39 is 0 Å². The average molecular weight is 284 g/mol. The van der Waals surface area contributed by atoms with Gasteiger partial charge in [-0.3, -0.25) is 9.69 Å². The molecule has 4 nitrogen and oxygen atoms in total. The van der Waals surface area contributed by atoms with Crippen molar-refractivity contribution >= 4 is 0 Å². The molecule has 4 rings (SSSR count). The normalized spacial score (nSPS) is 24.8. The molecule has 2 unspecified atom stereocenters. The number of hydrogen-bond donors (Lipinski definition) is 0. The van der Waals surface area contributed by atoms with E-state index in [1.807, 2.05) is 23.6 Å². The van der Waals surface area contributed by atoms with E-state index >= 15 is 0 Å². The number of pyridine rings is 1. The molecule has 1 fully saturated rings. The Bertz CT molecular complexity index is 716. The molecule has 2 aromatic heterocycles. The molecule has 2 aromatic rings. The van der Waals surface area contributed by atoms with Crippen molar-refractivity contribution in [1.82, 2.24) is 9.47 Å². The van der Waals surface area contributed by atoms with Crippen molar-refractivity contribution in [3.63, 3.8) is 0 Å². The Hall–Kier alpha value is -1.81. The number of nitrogens with zero attached hydrogens (tertiary/aromatic N) is 2. The van der Waals surface area contributed by atoms with Gasteiger partial charge in [-0.15, -0.1) is 0 Å². The fourth-order valence-electron chi connectivity index (χ4n) is 3.92. The molecule has 0 N–H and O–H groups in total. The quantitative estimate of drug-likeness (QED) is 0.850. The van der Waals surface area contributed by atoms with Crippen LogP contribution in [0.5, 0.6) is 0 Å². The lowest BCUT2D eigenvalue weighted by Crippen LogP contribution is -2.46. The second-order valence-corrected chi connectivity index (χ2v) is 6.40. The molecule has 2 atom stereocenters. The van der Waals surface area contributed by atoms with Crippen LogP contribution in [0.4, 0.5) is 0 Å². The molecule has 0 spiro atoms. The zero-order valence-electron chi connectivity index (χ0n) is 12.3. The third-order valence-corrected chi connectivity index (χ3v) is 4.73. The molecule has 0 amide bonds. The SMILES string of the molecule is Cc1ccc(CN2CC3CC(C2)c2cccc(=O)n2C3)o1. The molecule has 110 valence electrons. The monoisotopic (exact) mass is 284 g/mol. The van der Waals surface area contributed by atoms with Gasteiger partial charge in [-0.25, -0.2) is 0 Å². The van der Waals surface area contributed by atoms with Crippen LogP contribution in [0, 0.1) is 12.8 Å². The molecule has 2 aliphatic heterocycles. The summed E-state index contributed by atoms with van der Waals surface area (Å²) in [6, 6.07) is 9.77. The largest absolute Gasteiger partial charge is 0.465 e. The first-order valence-electron chi connectivity index (χ1n) is 7.66. The highest BCUT2D eigenvalue weighted by atomic mass is 16.3. The highest BCUT2D eigenvalue weighted by Crippen LogP contribution is 2.35. The highest BCUT2D eigenvalue weighted by molar-refractivity contribution is 5.17. The van der Waals surface area contributed by atoms with Gasteiger partial charge in [-0.05, 0) is 37.5 Å². The molecule has 4 heteroatoms. The smallest absolute Gasteiger partial charge is 0.250 e. The zero-order valence-corrected chi connectivity index (χ0v) is 12.3. The van der Waals surface area contributed by atoms with Crippen LogP contribution in [0.3, 0.4) is 0 Å². The third-order valence-electron chi connectivity index (χ3n) is 4.73. The number of piperidine rings is 1. The van der Waals surface area contributed by atoms with Crippen molar-refractivity contribution in [2.75, 3.05) is 13.1 Å². The van der Waals surface area contributed by atoms with Crippen LogP contribution in [0.25, 0.3) is 0 Å². The molecule has 0 aliphatic carbocycles. The number of likely N-dealkylation sites (tertiary alicyclic amines) is 1. The Labute approximate surface area is 124 Å². The summed E-state index contributed by atoms with van der Waals surface area (Å²) >= 11 is 0. The first-order chi connectivity index (χ1) is 10.2. The maximum atomic E-state index is 12.0. The Morgan fingerprint density at radius 1 is 1.19 bits per heavy atom. The molecular formula is C17H20N2O2. The summed E-state index contributed by atoms with van der Waals surface area (Å²) in [6.07, 6.45) is 1.21. The lowest BCUT2D eigenvalue weighted by atomic mass is 9.83. The first-order valence-corrected chi connectivity index (χ1v) is 7.66. The van der Waals surface area contributed by atoms with Gasteiger partial charge in [-0.2, -0.15) is 0 Å². The molecule has 0 saturated carbocycles. The fraction of sp³-hybridized carbons (Fsp3) is 0.471. The summed E-state index contributed by atoms with van der Waals surface area (Å²) in [5.41, 5.74) is 1.36. The fourth-order valence-corrected chi connectivity index (χ4v) is 3.92. The van der Waals surface area contributed by atoms with Crippen molar-refractivity contribution in [1.29, 1.82) is 0 Å². The molecule has 1 saturated heterocycles. The number of aryl methyl sites for hydroxylation is 1. The Kier molecular flexibility index (Phi) is 3.00. The Balaban J connectivity index is 1.58. The van der Waals surface area contributed by atoms with Crippen molar-refractivity contribution in [3.05, 3.63) is 57.9 Å². The lowest BCUT2D eigenvalue weighted by Gasteiger charge is -2.42. The Morgan fingerprint density at radius 2 is 2.10 bits per heavy atom. The van der Waals surface area contributed by atoms with Crippen molar-refractivity contribution in [2.45, 2.75) is 32.4 Å². The standard InChI is InChI=1S/C17H20N2O2/c1-12-5-6-15(21-12)11-18-8-13-7-14(10-18)16-3-2-4-17(20)19(16)9-13/h2-6,13-14H,7-11H2,1H3. The summed E-state index contributed by atoms with van der Waals surface area (Å²) < 4.78 is 7.68. The number of furan rings is 1. The molecule has 0 aromatic carbocycles. The van der Waals surface area contributed by atoms with E-state index in [9.17, 15) is 4.79 Å². The number of fused-ring (bicyclic) bond motifs is 4. The number of rotatable bonds is 2. The van der Waals surface area contributed by atoms with Crippen LogP contribution >= 0.6 is 0 Å². The van der Waals surface area contributed by atoms with Crippen molar-refractivity contribution in [2.24, 2.45) is 5.92 Å². The van der Waals surface area contributed by atoms with Crippen LogP contribution in [0.2, 0.25) is 0 Å². The van der Waals surface area contributed by atoms with Crippen LogP contribution in [-0.2, 0) is 13.1 Å². The summed E-state index contributed by atoms with van der Waals surface area (Å²) in [5, 5.41) is 0. The topological polar surface area (TPSA) is 38.4 Å². The predicted octanol–water partition coefficient (Wildman–Crippen LogP) is 2.37. The van der Waals surface area contributed by atoms with Gasteiger partial charge < -0.3 is 8.98 Å². The maximum Gasteiger partial charge on any atom is 0.250 e. The van der Waals surface area contributed by atoms with E-state index in [1.54, 1.807) is 6.07 Å². The third kappa shape index (κ3) is 2.33. The molecular weight excluding hydrogens is 264 g/mol. The van der Waals surface area contributed by atoms with Crippen LogP contribution < -0.4 is 5.56 Å². The molecule has 21 heavy (non-hydrogen) atoms. The summed E-state index contributed by atoms with van der Waals surface area (Å²) in [4.78, 5) is 14.5. The van der Waals surface area contributed by atoms with Gasteiger partial charge in [0.2, 0.25) is 0 Å². The van der Waals surface area contributed by atoms with E-state index in [1.165, 1.54) is 12.1 Å². The van der Waals surface area contributed by atoms with Gasteiger partial charge in [0.25, 0.3) is 5.56 Å². The minimum atomic E-state index is 0.150. The zero-order chi connectivity index (χ0) is 14.4. The summed E-state index contributed by atoms with van der Waals surface area (Å²) in [6.45, 7) is 5.78. The van der Waals surface area contributed by atoms with E-state index in [-0.39, 0.29) is 5.56 Å². The van der Waals surface area contributed by atoms with Gasteiger partial charge in [0.15, 0.2) is 0 Å². The minimum Gasteiger partial charge on any atom is -0.465 e. The number of hydrogen-bond acceptors (Lipinski definition) is 3. The van der Waals surface area contributed by atoms with Gasteiger partial charge in [0.05, 0.1) is 6.54 Å². The first kappa shape index (κ1) is 12.9.